The van der Waals surface area contributed by atoms with Gasteiger partial charge in [-0.1, -0.05) is 66.7 Å². The maximum atomic E-state index is 9.56. The van der Waals surface area contributed by atoms with Gasteiger partial charge >= 0.3 is 90.6 Å². The van der Waals surface area contributed by atoms with Crippen LogP contribution in [-0.4, -0.2) is 62.5 Å². The maximum absolute atomic E-state index is 9.56. The Labute approximate surface area is 246 Å². The second-order valence-corrected chi connectivity index (χ2v) is 7.99. The van der Waals surface area contributed by atoms with Crippen molar-refractivity contribution in [2.24, 2.45) is 0 Å². The van der Waals surface area contributed by atoms with E-state index in [4.69, 9.17) is 10.2 Å². The van der Waals surface area contributed by atoms with E-state index in [0.717, 1.165) is 11.1 Å². The van der Waals surface area contributed by atoms with Crippen molar-refractivity contribution in [3.63, 3.8) is 0 Å². The first kappa shape index (κ1) is 32.9. The number of aliphatic hydroxyl groups is 1. The van der Waals surface area contributed by atoms with Crippen LogP contribution in [0.15, 0.2) is 115 Å². The minimum absolute atomic E-state index is 0. The molecule has 172 valence electrons. The molecule has 0 saturated heterocycles. The summed E-state index contributed by atoms with van der Waals surface area (Å²) in [5.74, 6) is -0.565. The molecular weight excluding hydrogens is 464 g/mol. The van der Waals surface area contributed by atoms with Crippen molar-refractivity contribution in [3.8, 4) is 22.6 Å². The number of benzene rings is 4. The number of carboxylic acid groups (broad SMARTS) is 1. The summed E-state index contributed by atoms with van der Waals surface area (Å²) in [7, 11) is 0. The van der Waals surface area contributed by atoms with Crippen molar-refractivity contribution < 1.29 is 54.8 Å². The Balaban J connectivity index is 0.000000459. The summed E-state index contributed by atoms with van der Waals surface area (Å²) in [6.45, 7) is -0.621. The molecule has 0 aromatic heterocycles. The van der Waals surface area contributed by atoms with E-state index in [9.17, 15) is 15.0 Å². The number of aliphatic carboxylic acids is 1. The summed E-state index contributed by atoms with van der Waals surface area (Å²) in [5.41, 5.74) is 1.92. The van der Waals surface area contributed by atoms with Gasteiger partial charge in [-0.2, -0.15) is 0 Å². The van der Waals surface area contributed by atoms with Crippen LogP contribution in [0.5, 0.6) is 11.5 Å². The SMILES string of the molecule is O=C([O-])CNCO.Oc1ccccc1.Oc1ccccc1-c1ccccc1.[Na+].[Na][c]1ccccc1. The second kappa shape index (κ2) is 21.2. The average molecular weight is 491 g/mol. The molecule has 4 aromatic rings. The summed E-state index contributed by atoms with van der Waals surface area (Å²) in [6.07, 6.45) is 0. The van der Waals surface area contributed by atoms with Crippen molar-refractivity contribution in [2.75, 3.05) is 13.3 Å². The van der Waals surface area contributed by atoms with E-state index in [-0.39, 0.29) is 42.8 Å². The van der Waals surface area contributed by atoms with Crippen LogP contribution >= 0.6 is 0 Å². The molecule has 8 heteroatoms. The number of aromatic hydroxyl groups is 2. The first-order chi connectivity index (χ1) is 16.4. The zero-order valence-corrected chi connectivity index (χ0v) is 24.0. The molecule has 0 bridgehead atoms. The summed E-state index contributed by atoms with van der Waals surface area (Å²) in [5, 5.41) is 37.7. The van der Waals surface area contributed by atoms with Crippen LogP contribution in [0.4, 0.5) is 0 Å². The van der Waals surface area contributed by atoms with Crippen molar-refractivity contribution in [2.45, 2.75) is 0 Å². The van der Waals surface area contributed by atoms with Gasteiger partial charge in [-0.15, -0.1) is 0 Å². The molecule has 0 heterocycles. The van der Waals surface area contributed by atoms with E-state index in [0.29, 0.717) is 11.5 Å². The molecular formula is C27H27NNa2O5. The third-order valence-electron chi connectivity index (χ3n) is 4.07. The van der Waals surface area contributed by atoms with Crippen molar-refractivity contribution in [1.82, 2.24) is 5.32 Å². The molecule has 0 amide bonds. The van der Waals surface area contributed by atoms with E-state index in [1.165, 1.54) is 30.7 Å². The van der Waals surface area contributed by atoms with Crippen molar-refractivity contribution in [3.05, 3.63) is 115 Å². The molecule has 0 fully saturated rings. The molecule has 0 atom stereocenters. The molecule has 0 aliphatic carbocycles. The Morgan fingerprint density at radius 3 is 1.54 bits per heavy atom. The van der Waals surface area contributed by atoms with Gasteiger partial charge in [0.2, 0.25) is 0 Å². The Kier molecular flexibility index (Phi) is 19.9. The molecule has 0 unspecified atom stereocenters. The number of carbonyl (C=O) groups excluding carboxylic acids is 1. The summed E-state index contributed by atoms with van der Waals surface area (Å²) in [6, 6.07) is 36.4. The van der Waals surface area contributed by atoms with E-state index in [1.807, 2.05) is 60.7 Å². The minimum atomic E-state index is -1.21. The van der Waals surface area contributed by atoms with E-state index in [2.05, 4.69) is 29.6 Å². The fraction of sp³-hybridized carbons (Fsp3) is 0.0741. The number of carbonyl (C=O) groups is 1. The molecule has 35 heavy (non-hydrogen) atoms. The van der Waals surface area contributed by atoms with Gasteiger partial charge in [0.1, 0.15) is 11.5 Å². The number of phenolic OH excluding ortho intramolecular Hbond substituents is 2. The Bertz CT molecular complexity index is 1020. The van der Waals surface area contributed by atoms with Crippen LogP contribution in [0.3, 0.4) is 0 Å². The molecule has 6 nitrogen and oxygen atoms in total. The van der Waals surface area contributed by atoms with Crippen molar-refractivity contribution in [1.29, 1.82) is 0 Å². The van der Waals surface area contributed by atoms with Gasteiger partial charge in [-0.05, 0) is 23.8 Å². The third kappa shape index (κ3) is 17.0. The number of para-hydroxylation sites is 2. The number of aliphatic hydroxyl groups excluding tert-OH is 1. The molecule has 0 spiro atoms. The normalized spacial score (nSPS) is 8.89. The Morgan fingerprint density at radius 1 is 0.743 bits per heavy atom. The van der Waals surface area contributed by atoms with Gasteiger partial charge in [-0.3, -0.25) is 5.32 Å². The van der Waals surface area contributed by atoms with Crippen LogP contribution in [0.1, 0.15) is 0 Å². The fourth-order valence-corrected chi connectivity index (χ4v) is 2.84. The fourth-order valence-electron chi connectivity index (χ4n) is 2.46. The monoisotopic (exact) mass is 491 g/mol. The summed E-state index contributed by atoms with van der Waals surface area (Å²) in [4.78, 5) is 9.47. The Morgan fingerprint density at radius 2 is 1.20 bits per heavy atom. The van der Waals surface area contributed by atoms with Crippen LogP contribution < -0.4 is 42.8 Å². The molecule has 4 N–H and O–H groups in total. The second-order valence-electron chi connectivity index (χ2n) is 6.83. The van der Waals surface area contributed by atoms with Gasteiger partial charge in [0, 0.05) is 12.1 Å². The van der Waals surface area contributed by atoms with E-state index < -0.39 is 5.97 Å². The summed E-state index contributed by atoms with van der Waals surface area (Å²) < 4.78 is 1.46. The van der Waals surface area contributed by atoms with Gasteiger partial charge < -0.3 is 25.2 Å². The average Bonchev–Trinajstić information content (AvgIpc) is 2.86. The van der Waals surface area contributed by atoms with E-state index in [1.54, 1.807) is 30.3 Å². The molecule has 4 rings (SSSR count). The zero-order chi connectivity index (χ0) is 25.0. The van der Waals surface area contributed by atoms with Crippen LogP contribution in [0, 0.1) is 0 Å². The number of phenols is 2. The molecule has 0 radical (unpaired) electrons. The number of rotatable bonds is 4. The third-order valence-corrected chi connectivity index (χ3v) is 4.73. The predicted octanol–water partition coefficient (Wildman–Crippen LogP) is -0.788. The number of nitrogens with one attached hydrogen (secondary N) is 1. The Hall–Kier alpha value is -2.13. The molecule has 4 aromatic carbocycles. The molecule has 0 aliphatic rings. The van der Waals surface area contributed by atoms with Gasteiger partial charge in [-0.25, -0.2) is 0 Å². The van der Waals surface area contributed by atoms with Crippen LogP contribution in [0.25, 0.3) is 11.1 Å². The zero-order valence-electron chi connectivity index (χ0n) is 20.0. The van der Waals surface area contributed by atoms with Gasteiger partial charge in [0.05, 0.1) is 12.7 Å². The first-order valence-electron chi connectivity index (χ1n) is 10.5. The quantitative estimate of drug-likeness (QED) is 0.220. The topological polar surface area (TPSA) is 113 Å². The van der Waals surface area contributed by atoms with Gasteiger partial charge in [0.15, 0.2) is 0 Å². The molecule has 0 saturated carbocycles. The predicted molar refractivity (Wildman–Crippen MR) is 134 cm³/mol. The van der Waals surface area contributed by atoms with Crippen LogP contribution in [-0.2, 0) is 4.79 Å². The van der Waals surface area contributed by atoms with Gasteiger partial charge in [0.25, 0.3) is 0 Å². The number of hydrogen-bond acceptors (Lipinski definition) is 6. The van der Waals surface area contributed by atoms with Crippen molar-refractivity contribution >= 4 is 36.7 Å². The molecule has 0 aliphatic heterocycles. The van der Waals surface area contributed by atoms with Crippen LogP contribution in [0.2, 0.25) is 0 Å². The standard InChI is InChI=1S/C12H10O.C6H6O.C6H5.C3H7NO3.2Na/c13-12-9-5-4-8-11(12)10-6-2-1-3-7-10;7-6-4-2-1-3-5-6;1-2-4-6-5-3-1;5-2-4-1-3(6)7;;/h1-9,13H;1-5,7H;1-5H;4-5H,1-2H2,(H,6,7);;/q;;;;;+1/p-1. The van der Waals surface area contributed by atoms with E-state index >= 15 is 0 Å². The number of carboxylic acids is 1. The summed E-state index contributed by atoms with van der Waals surface area (Å²) >= 11 is 1.17. The first-order valence-corrected chi connectivity index (χ1v) is 11.5. The number of hydrogen-bond donors (Lipinski definition) is 4.